The van der Waals surface area contributed by atoms with E-state index in [4.69, 9.17) is 4.42 Å². The summed E-state index contributed by atoms with van der Waals surface area (Å²) >= 11 is 0. The van der Waals surface area contributed by atoms with Crippen molar-refractivity contribution in [1.29, 1.82) is 0 Å². The monoisotopic (exact) mass is 362 g/mol. The lowest BCUT2D eigenvalue weighted by molar-refractivity contribution is 0.0909. The van der Waals surface area contributed by atoms with Gasteiger partial charge < -0.3 is 9.73 Å². The fourth-order valence-electron chi connectivity index (χ4n) is 3.67. The number of carbonyl (C=O) groups is 1. The van der Waals surface area contributed by atoms with Crippen LogP contribution in [0.4, 0.5) is 0 Å². The molecule has 4 rings (SSSR count). The van der Waals surface area contributed by atoms with Crippen LogP contribution < -0.4 is 10.7 Å². The topological polar surface area (TPSA) is 62.6 Å². The molecule has 2 aromatic carbocycles. The van der Waals surface area contributed by atoms with Crippen LogP contribution in [-0.4, -0.2) is 29.9 Å². The molecular weight excluding hydrogens is 340 g/mol. The van der Waals surface area contributed by atoms with Crippen LogP contribution in [0.3, 0.4) is 0 Å². The predicted octanol–water partition coefficient (Wildman–Crippen LogP) is 3.36. The largest absolute Gasteiger partial charge is 0.451 e. The van der Waals surface area contributed by atoms with E-state index >= 15 is 0 Å². The van der Waals surface area contributed by atoms with Gasteiger partial charge in [-0.05, 0) is 31.0 Å². The van der Waals surface area contributed by atoms with Gasteiger partial charge in [0.05, 0.1) is 5.39 Å². The Morgan fingerprint density at radius 1 is 1.15 bits per heavy atom. The van der Waals surface area contributed by atoms with Crippen LogP contribution in [0.2, 0.25) is 0 Å². The van der Waals surface area contributed by atoms with E-state index in [0.29, 0.717) is 17.0 Å². The van der Waals surface area contributed by atoms with Crippen LogP contribution in [0.5, 0.6) is 0 Å². The lowest BCUT2D eigenvalue weighted by Gasteiger charge is -2.24. The third-order valence-electron chi connectivity index (χ3n) is 5.24. The second kappa shape index (κ2) is 7.37. The van der Waals surface area contributed by atoms with E-state index in [9.17, 15) is 9.59 Å². The number of carbonyl (C=O) groups excluding carboxylic acids is 1. The van der Waals surface area contributed by atoms with Crippen LogP contribution in [0, 0.1) is 0 Å². The average molecular weight is 362 g/mol. The molecule has 1 saturated heterocycles. The van der Waals surface area contributed by atoms with Crippen LogP contribution >= 0.6 is 0 Å². The SMILES string of the molecule is C[C@@H](c1ccccc1)N1CC[C@H](NC(=O)c2cc(=O)c3ccccc3o2)C1. The number of nitrogens with one attached hydrogen (secondary N) is 1. The Hall–Kier alpha value is -2.92. The number of para-hydroxylation sites is 1. The molecule has 0 saturated carbocycles. The Bertz CT molecular complexity index is 1010. The predicted molar refractivity (Wildman–Crippen MR) is 105 cm³/mol. The van der Waals surface area contributed by atoms with E-state index in [1.165, 1.54) is 11.6 Å². The van der Waals surface area contributed by atoms with Crippen LogP contribution in [0.25, 0.3) is 11.0 Å². The van der Waals surface area contributed by atoms with Crippen molar-refractivity contribution in [2.45, 2.75) is 25.4 Å². The normalized spacial score (nSPS) is 18.5. The first-order chi connectivity index (χ1) is 13.1. The van der Waals surface area contributed by atoms with Gasteiger partial charge in [0.1, 0.15) is 5.58 Å². The lowest BCUT2D eigenvalue weighted by atomic mass is 10.1. The minimum atomic E-state index is -0.336. The first-order valence-electron chi connectivity index (χ1n) is 9.24. The molecule has 27 heavy (non-hydrogen) atoms. The fourth-order valence-corrected chi connectivity index (χ4v) is 3.67. The smallest absolute Gasteiger partial charge is 0.287 e. The maximum absolute atomic E-state index is 12.6. The molecule has 1 fully saturated rings. The molecular formula is C22H22N2O3. The summed E-state index contributed by atoms with van der Waals surface area (Å²) in [6.45, 7) is 3.88. The number of hydrogen-bond donors (Lipinski definition) is 1. The standard InChI is InChI=1S/C22H22N2O3/c1-15(16-7-3-2-4-8-16)24-12-11-17(14-24)23-22(26)21-13-19(25)18-9-5-6-10-20(18)27-21/h2-10,13,15,17H,11-12,14H2,1H3,(H,23,26)/t15-,17-/m0/s1. The van der Waals surface area contributed by atoms with Gasteiger partial charge in [0.15, 0.2) is 11.2 Å². The Kier molecular flexibility index (Phi) is 4.77. The molecule has 0 aliphatic carbocycles. The summed E-state index contributed by atoms with van der Waals surface area (Å²) in [4.78, 5) is 27.1. The molecule has 1 aromatic heterocycles. The zero-order valence-electron chi connectivity index (χ0n) is 15.2. The Labute approximate surface area is 157 Å². The first-order valence-corrected chi connectivity index (χ1v) is 9.24. The van der Waals surface area contributed by atoms with Crippen LogP contribution in [0.1, 0.15) is 35.5 Å². The minimum Gasteiger partial charge on any atom is -0.451 e. The Morgan fingerprint density at radius 3 is 2.70 bits per heavy atom. The minimum absolute atomic E-state index is 0.0421. The number of rotatable bonds is 4. The molecule has 1 N–H and O–H groups in total. The molecule has 2 heterocycles. The highest BCUT2D eigenvalue weighted by Crippen LogP contribution is 2.24. The van der Waals surface area contributed by atoms with Gasteiger partial charge in [0.2, 0.25) is 0 Å². The highest BCUT2D eigenvalue weighted by molar-refractivity contribution is 5.93. The second-order valence-corrected chi connectivity index (χ2v) is 7.01. The number of amides is 1. The average Bonchev–Trinajstić information content (AvgIpc) is 3.16. The van der Waals surface area contributed by atoms with Gasteiger partial charge in [-0.2, -0.15) is 0 Å². The van der Waals surface area contributed by atoms with Crippen molar-refractivity contribution in [2.24, 2.45) is 0 Å². The van der Waals surface area contributed by atoms with Crippen molar-refractivity contribution in [3.8, 4) is 0 Å². The van der Waals surface area contributed by atoms with Crippen LogP contribution in [0.15, 0.2) is 69.9 Å². The van der Waals surface area contributed by atoms with E-state index in [1.807, 2.05) is 18.2 Å². The highest BCUT2D eigenvalue weighted by Gasteiger charge is 2.28. The molecule has 0 bridgehead atoms. The maximum atomic E-state index is 12.6. The van der Waals surface area contributed by atoms with Crippen molar-refractivity contribution < 1.29 is 9.21 Å². The summed E-state index contributed by atoms with van der Waals surface area (Å²) in [6, 6.07) is 18.9. The molecule has 1 aliphatic rings. The third-order valence-corrected chi connectivity index (χ3v) is 5.24. The van der Waals surface area contributed by atoms with E-state index < -0.39 is 0 Å². The number of nitrogens with zero attached hydrogens (tertiary/aromatic N) is 1. The van der Waals surface area contributed by atoms with E-state index in [-0.39, 0.29) is 23.1 Å². The van der Waals surface area contributed by atoms with Crippen molar-refractivity contribution in [2.75, 3.05) is 13.1 Å². The van der Waals surface area contributed by atoms with Gasteiger partial charge in [-0.3, -0.25) is 14.5 Å². The molecule has 2 atom stereocenters. The summed E-state index contributed by atoms with van der Waals surface area (Å²) in [7, 11) is 0. The van der Waals surface area contributed by atoms with Crippen molar-refractivity contribution in [3.63, 3.8) is 0 Å². The molecule has 0 radical (unpaired) electrons. The molecule has 0 unspecified atom stereocenters. The maximum Gasteiger partial charge on any atom is 0.287 e. The molecule has 1 aliphatic heterocycles. The van der Waals surface area contributed by atoms with E-state index in [2.05, 4.69) is 29.3 Å². The lowest BCUT2D eigenvalue weighted by Crippen LogP contribution is -2.37. The first kappa shape index (κ1) is 17.5. The number of hydrogen-bond acceptors (Lipinski definition) is 4. The zero-order chi connectivity index (χ0) is 18.8. The molecule has 0 spiro atoms. The molecule has 1 amide bonds. The molecule has 138 valence electrons. The molecule has 5 nitrogen and oxygen atoms in total. The highest BCUT2D eigenvalue weighted by atomic mass is 16.3. The third kappa shape index (κ3) is 3.64. The summed E-state index contributed by atoms with van der Waals surface area (Å²) in [5, 5.41) is 3.49. The summed E-state index contributed by atoms with van der Waals surface area (Å²) in [5.74, 6) is -0.273. The summed E-state index contributed by atoms with van der Waals surface area (Å²) in [6.07, 6.45) is 0.876. The summed E-state index contributed by atoms with van der Waals surface area (Å²) in [5.41, 5.74) is 1.50. The Balaban J connectivity index is 1.44. The quantitative estimate of drug-likeness (QED) is 0.773. The van der Waals surface area contributed by atoms with Gasteiger partial charge in [-0.25, -0.2) is 0 Å². The van der Waals surface area contributed by atoms with E-state index in [1.54, 1.807) is 24.3 Å². The number of fused-ring (bicyclic) bond motifs is 1. The molecule has 5 heteroatoms. The van der Waals surface area contributed by atoms with Crippen LogP contribution in [-0.2, 0) is 0 Å². The number of benzene rings is 2. The Morgan fingerprint density at radius 2 is 1.89 bits per heavy atom. The van der Waals surface area contributed by atoms with Gasteiger partial charge in [-0.15, -0.1) is 0 Å². The van der Waals surface area contributed by atoms with Crippen molar-refractivity contribution in [1.82, 2.24) is 10.2 Å². The van der Waals surface area contributed by atoms with Gasteiger partial charge in [0.25, 0.3) is 5.91 Å². The number of likely N-dealkylation sites (tertiary alicyclic amines) is 1. The van der Waals surface area contributed by atoms with Gasteiger partial charge >= 0.3 is 0 Å². The fraction of sp³-hybridized carbons (Fsp3) is 0.273. The van der Waals surface area contributed by atoms with Gasteiger partial charge in [-0.1, -0.05) is 42.5 Å². The van der Waals surface area contributed by atoms with Crippen molar-refractivity contribution in [3.05, 3.63) is 82.2 Å². The molecule has 3 aromatic rings. The summed E-state index contributed by atoms with van der Waals surface area (Å²) < 4.78 is 5.63. The van der Waals surface area contributed by atoms with Crippen molar-refractivity contribution >= 4 is 16.9 Å². The second-order valence-electron chi connectivity index (χ2n) is 7.01. The zero-order valence-corrected chi connectivity index (χ0v) is 15.2. The van der Waals surface area contributed by atoms with Gasteiger partial charge in [0, 0.05) is 31.2 Å². The van der Waals surface area contributed by atoms with E-state index in [0.717, 1.165) is 19.5 Å².